The third-order valence-corrected chi connectivity index (χ3v) is 3.14. The molecule has 0 saturated heterocycles. The predicted molar refractivity (Wildman–Crippen MR) is 71.8 cm³/mol. The van der Waals surface area contributed by atoms with E-state index < -0.39 is 18.2 Å². The van der Waals surface area contributed by atoms with Gasteiger partial charge in [-0.25, -0.2) is 4.79 Å². The molecule has 4 N–H and O–H groups in total. The van der Waals surface area contributed by atoms with E-state index in [1.165, 1.54) is 19.2 Å². The molecular weight excluding hydrogens is 254 g/mol. The van der Waals surface area contributed by atoms with Crippen molar-refractivity contribution in [3.05, 3.63) is 28.8 Å². The Morgan fingerprint density at radius 2 is 2.11 bits per heavy atom. The maximum absolute atomic E-state index is 11.6. The number of carbonyl (C=O) groups excluding carboxylic acids is 1. The molecule has 0 aromatic heterocycles. The fourth-order valence-electron chi connectivity index (χ4n) is 1.57. The van der Waals surface area contributed by atoms with Gasteiger partial charge >= 0.3 is 5.97 Å². The number of benzene rings is 1. The first kappa shape index (κ1) is 14.8. The van der Waals surface area contributed by atoms with Gasteiger partial charge in [0.1, 0.15) is 6.10 Å². The molecule has 0 aliphatic carbocycles. The maximum atomic E-state index is 11.6. The highest BCUT2D eigenvalue weighted by molar-refractivity contribution is 7.80. The largest absolute Gasteiger partial charge is 0.465 e. The number of hydrogen-bond donors (Lipinski definition) is 4. The van der Waals surface area contributed by atoms with E-state index in [1.54, 1.807) is 6.92 Å². The molecule has 1 aromatic rings. The van der Waals surface area contributed by atoms with Gasteiger partial charge in [-0.05, 0) is 30.2 Å². The van der Waals surface area contributed by atoms with Crippen molar-refractivity contribution in [1.82, 2.24) is 0 Å². The van der Waals surface area contributed by atoms with Crippen LogP contribution >= 0.6 is 12.6 Å². The summed E-state index contributed by atoms with van der Waals surface area (Å²) in [5, 5.41) is 19.4. The van der Waals surface area contributed by atoms with Crippen LogP contribution < -0.4 is 5.73 Å². The van der Waals surface area contributed by atoms with Crippen molar-refractivity contribution in [2.45, 2.75) is 19.1 Å². The van der Waals surface area contributed by atoms with E-state index in [1.807, 2.05) is 0 Å². The fraction of sp³-hybridized carbons (Fsp3) is 0.417. The Morgan fingerprint density at radius 1 is 1.50 bits per heavy atom. The standard InChI is InChI=1S/C12H17NO4S/c1-6-8(12(16)17-2)3-7(4-9(6)13)11(15)10(14)5-18/h3-4,10-11,14-15,18H,5,13H2,1-2H3. The van der Waals surface area contributed by atoms with Gasteiger partial charge in [0.2, 0.25) is 0 Å². The van der Waals surface area contributed by atoms with Gasteiger partial charge in [-0.3, -0.25) is 0 Å². The fourth-order valence-corrected chi connectivity index (χ4v) is 1.77. The minimum atomic E-state index is -1.14. The zero-order valence-electron chi connectivity index (χ0n) is 10.3. The summed E-state index contributed by atoms with van der Waals surface area (Å²) < 4.78 is 4.64. The Bertz CT molecular complexity index is 450. The number of nitrogen functional groups attached to an aromatic ring is 1. The summed E-state index contributed by atoms with van der Waals surface area (Å²) >= 11 is 3.90. The van der Waals surface area contributed by atoms with Crippen LogP contribution in [0.1, 0.15) is 27.6 Å². The SMILES string of the molecule is COC(=O)c1cc(C(O)C(O)CS)cc(N)c1C. The van der Waals surface area contributed by atoms with Crippen LogP contribution in [0.2, 0.25) is 0 Å². The Kier molecular flexibility index (Phi) is 5.01. The molecule has 2 atom stereocenters. The zero-order chi connectivity index (χ0) is 13.9. The number of ether oxygens (including phenoxy) is 1. The summed E-state index contributed by atoms with van der Waals surface area (Å²) in [5.41, 5.74) is 7.35. The molecule has 2 unspecified atom stereocenters. The van der Waals surface area contributed by atoms with Crippen LogP contribution in [0.25, 0.3) is 0 Å². The molecule has 100 valence electrons. The van der Waals surface area contributed by atoms with E-state index in [0.717, 1.165) is 0 Å². The predicted octanol–water partition coefficient (Wildman–Crippen LogP) is 0.688. The second-order valence-electron chi connectivity index (χ2n) is 3.97. The Morgan fingerprint density at radius 3 is 2.61 bits per heavy atom. The first-order chi connectivity index (χ1) is 8.42. The van der Waals surface area contributed by atoms with Gasteiger partial charge < -0.3 is 20.7 Å². The summed E-state index contributed by atoms with van der Waals surface area (Å²) in [4.78, 5) is 11.6. The number of thiol groups is 1. The number of aliphatic hydroxyl groups is 2. The van der Waals surface area contributed by atoms with Crippen LogP contribution in [0.5, 0.6) is 0 Å². The molecular formula is C12H17NO4S. The molecule has 0 bridgehead atoms. The van der Waals surface area contributed by atoms with Crippen molar-refractivity contribution in [3.8, 4) is 0 Å². The molecule has 0 radical (unpaired) electrons. The smallest absolute Gasteiger partial charge is 0.338 e. The van der Waals surface area contributed by atoms with Crippen LogP contribution in [-0.4, -0.2) is 35.1 Å². The van der Waals surface area contributed by atoms with Gasteiger partial charge in [0.15, 0.2) is 0 Å². The normalized spacial score (nSPS) is 14.1. The van der Waals surface area contributed by atoms with Gasteiger partial charge in [0.05, 0.1) is 18.8 Å². The van der Waals surface area contributed by atoms with Gasteiger partial charge in [-0.15, -0.1) is 0 Å². The zero-order valence-corrected chi connectivity index (χ0v) is 11.1. The number of methoxy groups -OCH3 is 1. The molecule has 5 nitrogen and oxygen atoms in total. The second-order valence-corrected chi connectivity index (χ2v) is 4.33. The van der Waals surface area contributed by atoms with Gasteiger partial charge in [0, 0.05) is 11.4 Å². The lowest BCUT2D eigenvalue weighted by atomic mass is 9.98. The molecule has 0 heterocycles. The summed E-state index contributed by atoms with van der Waals surface area (Å²) in [5.74, 6) is -0.434. The van der Waals surface area contributed by atoms with Gasteiger partial charge in [-0.2, -0.15) is 12.6 Å². The van der Waals surface area contributed by atoms with Gasteiger partial charge in [0.25, 0.3) is 0 Å². The number of nitrogens with two attached hydrogens (primary N) is 1. The highest BCUT2D eigenvalue weighted by Crippen LogP contribution is 2.26. The lowest BCUT2D eigenvalue weighted by Gasteiger charge is -2.18. The first-order valence-electron chi connectivity index (χ1n) is 5.37. The van der Waals surface area contributed by atoms with Crippen molar-refractivity contribution in [2.24, 2.45) is 0 Å². The molecule has 1 aromatic carbocycles. The maximum Gasteiger partial charge on any atom is 0.338 e. The van der Waals surface area contributed by atoms with Crippen LogP contribution in [0.4, 0.5) is 5.69 Å². The van der Waals surface area contributed by atoms with Crippen LogP contribution in [0.3, 0.4) is 0 Å². The lowest BCUT2D eigenvalue weighted by molar-refractivity contribution is 0.0336. The third-order valence-electron chi connectivity index (χ3n) is 2.77. The van der Waals surface area contributed by atoms with E-state index in [2.05, 4.69) is 17.4 Å². The van der Waals surface area contributed by atoms with Crippen molar-refractivity contribution in [3.63, 3.8) is 0 Å². The molecule has 1 rings (SSSR count). The number of rotatable bonds is 4. The van der Waals surface area contributed by atoms with Crippen molar-refractivity contribution in [2.75, 3.05) is 18.6 Å². The number of anilines is 1. The molecule has 0 amide bonds. The topological polar surface area (TPSA) is 92.8 Å². The van der Waals surface area contributed by atoms with Gasteiger partial charge in [-0.1, -0.05) is 0 Å². The van der Waals surface area contributed by atoms with Crippen molar-refractivity contribution >= 4 is 24.3 Å². The second kappa shape index (κ2) is 6.08. The van der Waals surface area contributed by atoms with E-state index in [-0.39, 0.29) is 11.3 Å². The Balaban J connectivity index is 3.24. The number of carbonyl (C=O) groups is 1. The highest BCUT2D eigenvalue weighted by Gasteiger charge is 2.21. The highest BCUT2D eigenvalue weighted by atomic mass is 32.1. The van der Waals surface area contributed by atoms with E-state index >= 15 is 0 Å². The van der Waals surface area contributed by atoms with Crippen molar-refractivity contribution < 1.29 is 19.7 Å². The third kappa shape index (κ3) is 2.95. The van der Waals surface area contributed by atoms with E-state index in [4.69, 9.17) is 5.73 Å². The lowest BCUT2D eigenvalue weighted by Crippen LogP contribution is -2.20. The van der Waals surface area contributed by atoms with Crippen LogP contribution in [0.15, 0.2) is 12.1 Å². The molecule has 0 spiro atoms. The van der Waals surface area contributed by atoms with E-state index in [9.17, 15) is 15.0 Å². The minimum absolute atomic E-state index is 0.0997. The van der Waals surface area contributed by atoms with Crippen molar-refractivity contribution in [1.29, 1.82) is 0 Å². The molecule has 0 aliphatic heterocycles. The molecule has 18 heavy (non-hydrogen) atoms. The van der Waals surface area contributed by atoms with Crippen LogP contribution in [-0.2, 0) is 4.74 Å². The molecule has 0 aliphatic rings. The van der Waals surface area contributed by atoms with Crippen LogP contribution in [0, 0.1) is 6.92 Å². The minimum Gasteiger partial charge on any atom is -0.465 e. The summed E-state index contributed by atoms with van der Waals surface area (Å²) in [7, 11) is 1.27. The molecule has 6 heteroatoms. The average Bonchev–Trinajstić information content (AvgIpc) is 2.38. The number of hydrogen-bond acceptors (Lipinski definition) is 6. The summed E-state index contributed by atoms with van der Waals surface area (Å²) in [6, 6.07) is 2.99. The quantitative estimate of drug-likeness (QED) is 0.367. The Hall–Kier alpha value is -1.24. The Labute approximate surface area is 111 Å². The monoisotopic (exact) mass is 271 g/mol. The number of aliphatic hydroxyl groups excluding tert-OH is 2. The van der Waals surface area contributed by atoms with E-state index in [0.29, 0.717) is 16.8 Å². The number of esters is 1. The summed E-state index contributed by atoms with van der Waals surface area (Å²) in [6.07, 6.45) is -2.17. The first-order valence-corrected chi connectivity index (χ1v) is 6.01. The molecule has 0 fully saturated rings. The molecule has 0 saturated carbocycles. The summed E-state index contributed by atoms with van der Waals surface area (Å²) in [6.45, 7) is 1.69. The average molecular weight is 271 g/mol.